The molecule has 0 atom stereocenters. The van der Waals surface area contributed by atoms with Crippen LogP contribution in [0.25, 0.3) is 11.6 Å². The molecule has 0 bridgehead atoms. The van der Waals surface area contributed by atoms with Gasteiger partial charge in [-0.05, 0) is 70.6 Å². The molecule has 4 aromatic rings. The van der Waals surface area contributed by atoms with E-state index in [1.807, 2.05) is 48.8 Å². The molecule has 2 heterocycles. The highest BCUT2D eigenvalue weighted by Crippen LogP contribution is 2.31. The van der Waals surface area contributed by atoms with E-state index in [0.29, 0.717) is 0 Å². The first-order chi connectivity index (χ1) is 20.1. The fraction of sp³-hybridized carbons (Fsp3) is 0.235. The first-order valence-electron chi connectivity index (χ1n) is 13.3. The summed E-state index contributed by atoms with van der Waals surface area (Å²) < 4.78 is 20.8. The topological polar surface area (TPSA) is 62.7 Å². The number of nitrogens with zero attached hydrogens (tertiary/aromatic N) is 2. The van der Waals surface area contributed by atoms with E-state index >= 15 is 0 Å². The number of rotatable bonds is 7. The van der Waals surface area contributed by atoms with E-state index < -0.39 is 0 Å². The molecule has 6 nitrogen and oxygen atoms in total. The average Bonchev–Trinajstić information content (AvgIpc) is 3.68. The molecule has 0 N–H and O–H groups in total. The summed E-state index contributed by atoms with van der Waals surface area (Å²) in [6, 6.07) is 20.0. The predicted molar refractivity (Wildman–Crippen MR) is 168 cm³/mol. The zero-order valence-corrected chi connectivity index (χ0v) is 25.5. The molecule has 2 aromatic carbocycles. The molecule has 212 valence electrons. The highest BCUT2D eigenvalue weighted by molar-refractivity contribution is 9.08. The SMILES string of the molecule is C1=Cc2cccnc2C1.COc1cc(CBr)cc(OC)c1.COc1cc(CC2=CCc3ncccc32)cc(OC)c1. The molecule has 7 heteroatoms. The number of pyridine rings is 2. The second-order valence-corrected chi connectivity index (χ2v) is 9.89. The highest BCUT2D eigenvalue weighted by Gasteiger charge is 2.15. The first-order valence-corrected chi connectivity index (χ1v) is 14.4. The molecule has 0 aliphatic heterocycles. The summed E-state index contributed by atoms with van der Waals surface area (Å²) >= 11 is 3.37. The van der Waals surface area contributed by atoms with E-state index in [0.717, 1.165) is 58.8 Å². The molecule has 0 amide bonds. The first kappa shape index (κ1) is 29.9. The molecule has 0 spiro atoms. The van der Waals surface area contributed by atoms with Crippen LogP contribution in [0.2, 0.25) is 0 Å². The van der Waals surface area contributed by atoms with E-state index in [1.165, 1.54) is 28.0 Å². The van der Waals surface area contributed by atoms with Crippen molar-refractivity contribution in [2.75, 3.05) is 28.4 Å². The summed E-state index contributed by atoms with van der Waals surface area (Å²) in [4.78, 5) is 8.61. The van der Waals surface area contributed by atoms with Crippen molar-refractivity contribution in [3.05, 3.63) is 119 Å². The number of ether oxygens (including phenoxy) is 4. The lowest BCUT2D eigenvalue weighted by atomic mass is 10.0. The van der Waals surface area contributed by atoms with Crippen LogP contribution in [0.15, 0.2) is 85.2 Å². The monoisotopic (exact) mass is 614 g/mol. The van der Waals surface area contributed by atoms with E-state index in [1.54, 1.807) is 28.4 Å². The second-order valence-electron chi connectivity index (χ2n) is 9.33. The predicted octanol–water partition coefficient (Wildman–Crippen LogP) is 7.53. The van der Waals surface area contributed by atoms with Gasteiger partial charge in [-0.3, -0.25) is 9.97 Å². The van der Waals surface area contributed by atoms with Crippen molar-refractivity contribution in [2.45, 2.75) is 24.6 Å². The summed E-state index contributed by atoms with van der Waals surface area (Å²) in [5.41, 5.74) is 8.56. The largest absolute Gasteiger partial charge is 0.497 e. The van der Waals surface area contributed by atoms with E-state index in [4.69, 9.17) is 18.9 Å². The van der Waals surface area contributed by atoms with Crippen molar-refractivity contribution in [1.29, 1.82) is 0 Å². The van der Waals surface area contributed by atoms with Gasteiger partial charge in [-0.1, -0.05) is 46.3 Å². The van der Waals surface area contributed by atoms with E-state index in [-0.39, 0.29) is 0 Å². The van der Waals surface area contributed by atoms with Gasteiger partial charge in [-0.25, -0.2) is 0 Å². The van der Waals surface area contributed by atoms with Gasteiger partial charge in [-0.15, -0.1) is 0 Å². The standard InChI is InChI=1S/C17H17NO2.C9H11BrO2.C8H7N/c1-19-14-9-12(10-15(11-14)20-2)8-13-5-6-17-16(13)4-3-7-18-17;1-11-8-3-7(6-10)4-9(5-8)12-2;1-3-7-4-2-6-9-8(7)5-1/h3-5,7,9-11H,6,8H2,1-2H3;3-5H,6H2,1-2H3;1-4,6H,5H2. The minimum atomic E-state index is 0.806. The van der Waals surface area contributed by atoms with Gasteiger partial charge in [0.25, 0.3) is 0 Å². The molecule has 2 aromatic heterocycles. The Kier molecular flexibility index (Phi) is 11.0. The maximum Gasteiger partial charge on any atom is 0.122 e. The number of benzene rings is 2. The third-order valence-electron chi connectivity index (χ3n) is 6.68. The van der Waals surface area contributed by atoms with Crippen LogP contribution in [0, 0.1) is 0 Å². The van der Waals surface area contributed by atoms with Crippen molar-refractivity contribution in [3.8, 4) is 23.0 Å². The Labute approximate surface area is 250 Å². The molecule has 0 fully saturated rings. The number of alkyl halides is 1. The van der Waals surface area contributed by atoms with Crippen molar-refractivity contribution < 1.29 is 18.9 Å². The number of fused-ring (bicyclic) bond motifs is 2. The van der Waals surface area contributed by atoms with E-state index in [9.17, 15) is 0 Å². The van der Waals surface area contributed by atoms with Gasteiger partial charge >= 0.3 is 0 Å². The van der Waals surface area contributed by atoms with Crippen LogP contribution in [0.5, 0.6) is 23.0 Å². The number of allylic oxidation sites excluding steroid dienone is 3. The molecule has 2 aliphatic carbocycles. The molecule has 0 unspecified atom stereocenters. The number of hydrogen-bond acceptors (Lipinski definition) is 6. The number of methoxy groups -OCH3 is 4. The fourth-order valence-electron chi connectivity index (χ4n) is 4.59. The summed E-state index contributed by atoms with van der Waals surface area (Å²) in [6.07, 6.45) is 13.0. The Hall–Kier alpha value is -4.10. The smallest absolute Gasteiger partial charge is 0.122 e. The lowest BCUT2D eigenvalue weighted by molar-refractivity contribution is 0.393. The van der Waals surface area contributed by atoms with Gasteiger partial charge in [0.15, 0.2) is 0 Å². The molecule has 2 aliphatic rings. The quantitative estimate of drug-likeness (QED) is 0.200. The third kappa shape index (κ3) is 8.21. The molecular weight excluding hydrogens is 580 g/mol. The van der Waals surface area contributed by atoms with Crippen molar-refractivity contribution in [1.82, 2.24) is 9.97 Å². The third-order valence-corrected chi connectivity index (χ3v) is 7.33. The zero-order chi connectivity index (χ0) is 29.0. The molecule has 41 heavy (non-hydrogen) atoms. The van der Waals surface area contributed by atoms with Gasteiger partial charge in [-0.2, -0.15) is 0 Å². The Morgan fingerprint density at radius 2 is 1.24 bits per heavy atom. The highest BCUT2D eigenvalue weighted by atomic mass is 79.9. The molecular formula is C34H35BrN2O4. The molecule has 0 radical (unpaired) electrons. The van der Waals surface area contributed by atoms with Crippen LogP contribution in [0.1, 0.15) is 33.6 Å². The summed E-state index contributed by atoms with van der Waals surface area (Å²) in [7, 11) is 6.64. The Morgan fingerprint density at radius 3 is 1.80 bits per heavy atom. The van der Waals surface area contributed by atoms with Crippen LogP contribution in [0.3, 0.4) is 0 Å². The summed E-state index contributed by atoms with van der Waals surface area (Å²) in [5, 5.41) is 0.806. The van der Waals surface area contributed by atoms with Gasteiger partial charge in [0.1, 0.15) is 23.0 Å². The fourth-order valence-corrected chi connectivity index (χ4v) is 4.92. The minimum Gasteiger partial charge on any atom is -0.497 e. The van der Waals surface area contributed by atoms with E-state index in [2.05, 4.69) is 68.4 Å². The Bertz CT molecular complexity index is 1440. The number of aromatic nitrogens is 2. The van der Waals surface area contributed by atoms with Crippen LogP contribution in [-0.2, 0) is 24.6 Å². The molecule has 6 rings (SSSR count). The average molecular weight is 616 g/mol. The Balaban J connectivity index is 0.000000156. The van der Waals surface area contributed by atoms with Gasteiger partial charge in [0.05, 0.1) is 39.8 Å². The molecule has 0 saturated heterocycles. The van der Waals surface area contributed by atoms with Crippen LogP contribution in [-0.4, -0.2) is 38.4 Å². The number of halogens is 1. The Morgan fingerprint density at radius 1 is 0.683 bits per heavy atom. The van der Waals surface area contributed by atoms with Crippen molar-refractivity contribution >= 4 is 27.6 Å². The van der Waals surface area contributed by atoms with Crippen molar-refractivity contribution in [3.63, 3.8) is 0 Å². The van der Waals surface area contributed by atoms with Crippen LogP contribution >= 0.6 is 15.9 Å². The van der Waals surface area contributed by atoms with Crippen LogP contribution < -0.4 is 18.9 Å². The van der Waals surface area contributed by atoms with Gasteiger partial charge < -0.3 is 18.9 Å². The van der Waals surface area contributed by atoms with Crippen LogP contribution in [0.4, 0.5) is 0 Å². The normalized spacial score (nSPS) is 12.1. The lowest BCUT2D eigenvalue weighted by Crippen LogP contribution is -1.94. The molecule has 0 saturated carbocycles. The minimum absolute atomic E-state index is 0.806. The summed E-state index contributed by atoms with van der Waals surface area (Å²) in [5.74, 6) is 3.29. The van der Waals surface area contributed by atoms with Crippen molar-refractivity contribution in [2.24, 2.45) is 0 Å². The second kappa shape index (κ2) is 15.1. The zero-order valence-electron chi connectivity index (χ0n) is 23.9. The number of hydrogen-bond donors (Lipinski definition) is 0. The van der Waals surface area contributed by atoms with Gasteiger partial charge in [0.2, 0.25) is 0 Å². The maximum absolute atomic E-state index is 5.32. The lowest BCUT2D eigenvalue weighted by Gasteiger charge is -2.10. The summed E-state index contributed by atoms with van der Waals surface area (Å²) in [6.45, 7) is 0. The van der Waals surface area contributed by atoms with Gasteiger partial charge in [0, 0.05) is 42.7 Å². The maximum atomic E-state index is 5.32.